The fourth-order valence-electron chi connectivity index (χ4n) is 4.71. The second-order valence-electron chi connectivity index (χ2n) is 8.29. The average Bonchev–Trinajstić information content (AvgIpc) is 2.88. The van der Waals surface area contributed by atoms with E-state index in [2.05, 4.69) is 12.1 Å². The fraction of sp³-hybridized carbons (Fsp3) is 0.310. The van der Waals surface area contributed by atoms with Crippen molar-refractivity contribution in [2.75, 3.05) is 24.7 Å². The zero-order valence-corrected chi connectivity index (χ0v) is 20.2. The smallest absolute Gasteiger partial charge is 0.418 e. The van der Waals surface area contributed by atoms with E-state index >= 15 is 0 Å². The zero-order chi connectivity index (χ0) is 24.6. The van der Waals surface area contributed by atoms with E-state index in [0.29, 0.717) is 12.4 Å². The van der Waals surface area contributed by atoms with Crippen LogP contribution >= 0.6 is 0 Å². The molecule has 6 nitrogen and oxygen atoms in total. The molecule has 6 heteroatoms. The maximum absolute atomic E-state index is 13.1. The number of para-hydroxylation sites is 2. The van der Waals surface area contributed by atoms with Crippen LogP contribution in [-0.4, -0.2) is 31.9 Å². The van der Waals surface area contributed by atoms with Gasteiger partial charge in [0, 0.05) is 5.92 Å². The molecule has 1 amide bonds. The van der Waals surface area contributed by atoms with E-state index in [9.17, 15) is 9.59 Å². The number of amides is 1. The van der Waals surface area contributed by atoms with Crippen molar-refractivity contribution in [2.45, 2.75) is 39.0 Å². The first kappa shape index (κ1) is 24.3. The summed E-state index contributed by atoms with van der Waals surface area (Å²) in [5, 5.41) is 0. The van der Waals surface area contributed by atoms with E-state index in [1.807, 2.05) is 67.6 Å². The Hall–Kier alpha value is -3.80. The number of hydrogen-bond donors (Lipinski definition) is 0. The molecule has 0 radical (unpaired) electrons. The van der Waals surface area contributed by atoms with Gasteiger partial charge < -0.3 is 14.2 Å². The van der Waals surface area contributed by atoms with Crippen LogP contribution in [0.4, 0.5) is 16.2 Å². The van der Waals surface area contributed by atoms with Gasteiger partial charge in [0.25, 0.3) is 0 Å². The third-order valence-electron chi connectivity index (χ3n) is 6.13. The van der Waals surface area contributed by atoms with Gasteiger partial charge in [0.1, 0.15) is 5.75 Å². The molecule has 0 bridgehead atoms. The topological polar surface area (TPSA) is 65.1 Å². The van der Waals surface area contributed by atoms with Gasteiger partial charge in [-0.1, -0.05) is 48.5 Å². The summed E-state index contributed by atoms with van der Waals surface area (Å²) >= 11 is 0. The van der Waals surface area contributed by atoms with Crippen LogP contribution in [0.5, 0.6) is 5.75 Å². The molecule has 0 aromatic heterocycles. The molecule has 0 spiro atoms. The van der Waals surface area contributed by atoms with Crippen LogP contribution in [0.3, 0.4) is 0 Å². The van der Waals surface area contributed by atoms with E-state index in [0.717, 1.165) is 47.3 Å². The molecular weight excluding hydrogens is 442 g/mol. The molecule has 0 fully saturated rings. The van der Waals surface area contributed by atoms with E-state index in [4.69, 9.17) is 14.2 Å². The van der Waals surface area contributed by atoms with Crippen LogP contribution < -0.4 is 9.64 Å². The Balaban J connectivity index is 1.73. The summed E-state index contributed by atoms with van der Waals surface area (Å²) in [6, 6.07) is 23.5. The molecule has 4 rings (SSSR count). The molecular formula is C29H31NO5. The Morgan fingerprint density at radius 3 is 2.34 bits per heavy atom. The zero-order valence-electron chi connectivity index (χ0n) is 20.2. The first-order valence-corrected chi connectivity index (χ1v) is 12.1. The predicted octanol–water partition coefficient (Wildman–Crippen LogP) is 6.39. The number of carbonyl (C=O) groups excluding carboxylic acids is 2. The standard InChI is InChI=1S/C29H31NO5/c1-3-33-28(31)20-35-27-19-11-16-23-22(15-10-17-25(23)27)24-14-8-9-18-26(24)30(29(32)34-4-2)21-12-6-5-7-13-21/h5-9,11-14,16,18-19,22H,3-4,10,15,17,20H2,1-2H3. The summed E-state index contributed by atoms with van der Waals surface area (Å²) in [6.45, 7) is 4.09. The van der Waals surface area contributed by atoms with E-state index in [-0.39, 0.29) is 25.1 Å². The highest BCUT2D eigenvalue weighted by atomic mass is 16.6. The maximum atomic E-state index is 13.1. The summed E-state index contributed by atoms with van der Waals surface area (Å²) in [4.78, 5) is 26.6. The maximum Gasteiger partial charge on any atom is 0.418 e. The minimum Gasteiger partial charge on any atom is -0.482 e. The molecule has 1 aliphatic carbocycles. The minimum atomic E-state index is -0.409. The SMILES string of the molecule is CCOC(=O)COc1cccc2c1CCCC2c1ccccc1N(C(=O)OCC)c1ccccc1. The van der Waals surface area contributed by atoms with Crippen molar-refractivity contribution in [2.24, 2.45) is 0 Å². The largest absolute Gasteiger partial charge is 0.482 e. The molecule has 3 aromatic rings. The number of esters is 1. The highest BCUT2D eigenvalue weighted by molar-refractivity contribution is 5.97. The monoisotopic (exact) mass is 473 g/mol. The van der Waals surface area contributed by atoms with Gasteiger partial charge in [-0.25, -0.2) is 14.5 Å². The second kappa shape index (κ2) is 11.6. The lowest BCUT2D eigenvalue weighted by atomic mass is 9.78. The van der Waals surface area contributed by atoms with Crippen molar-refractivity contribution in [3.8, 4) is 5.75 Å². The van der Waals surface area contributed by atoms with Crippen molar-refractivity contribution < 1.29 is 23.8 Å². The van der Waals surface area contributed by atoms with E-state index < -0.39 is 6.09 Å². The summed E-state index contributed by atoms with van der Waals surface area (Å²) in [5.74, 6) is 0.403. The summed E-state index contributed by atoms with van der Waals surface area (Å²) in [5.41, 5.74) is 4.86. The lowest BCUT2D eigenvalue weighted by molar-refractivity contribution is -0.145. The van der Waals surface area contributed by atoms with Gasteiger partial charge in [-0.05, 0) is 74.1 Å². The summed E-state index contributed by atoms with van der Waals surface area (Å²) in [6.07, 6.45) is 2.37. The van der Waals surface area contributed by atoms with Gasteiger partial charge in [-0.3, -0.25) is 0 Å². The Morgan fingerprint density at radius 2 is 1.57 bits per heavy atom. The molecule has 0 aliphatic heterocycles. The molecule has 1 aliphatic rings. The second-order valence-corrected chi connectivity index (χ2v) is 8.29. The van der Waals surface area contributed by atoms with E-state index in [1.165, 1.54) is 0 Å². The van der Waals surface area contributed by atoms with Crippen molar-refractivity contribution in [1.82, 2.24) is 0 Å². The predicted molar refractivity (Wildman–Crippen MR) is 135 cm³/mol. The Bertz CT molecular complexity index is 1160. The van der Waals surface area contributed by atoms with Gasteiger partial charge in [0.15, 0.2) is 6.61 Å². The molecule has 0 saturated heterocycles. The van der Waals surface area contributed by atoms with Gasteiger partial charge in [-0.15, -0.1) is 0 Å². The van der Waals surface area contributed by atoms with Gasteiger partial charge in [0.05, 0.1) is 24.6 Å². The number of rotatable bonds is 8. The molecule has 0 heterocycles. The van der Waals surface area contributed by atoms with Crippen molar-refractivity contribution >= 4 is 23.4 Å². The molecule has 1 unspecified atom stereocenters. The first-order valence-electron chi connectivity index (χ1n) is 12.1. The highest BCUT2D eigenvalue weighted by Gasteiger charge is 2.30. The number of fused-ring (bicyclic) bond motifs is 1. The van der Waals surface area contributed by atoms with E-state index in [1.54, 1.807) is 11.8 Å². The van der Waals surface area contributed by atoms with Crippen LogP contribution in [0.25, 0.3) is 0 Å². The van der Waals surface area contributed by atoms with Gasteiger partial charge in [-0.2, -0.15) is 0 Å². The minimum absolute atomic E-state index is 0.0710. The van der Waals surface area contributed by atoms with Gasteiger partial charge in [0.2, 0.25) is 0 Å². The van der Waals surface area contributed by atoms with Crippen LogP contribution in [0, 0.1) is 0 Å². The number of anilines is 2. The molecule has 0 saturated carbocycles. The van der Waals surface area contributed by atoms with Crippen LogP contribution in [-0.2, 0) is 20.7 Å². The van der Waals surface area contributed by atoms with Crippen LogP contribution in [0.15, 0.2) is 72.8 Å². The quantitative estimate of drug-likeness (QED) is 0.355. The fourth-order valence-corrected chi connectivity index (χ4v) is 4.71. The van der Waals surface area contributed by atoms with Crippen LogP contribution in [0.2, 0.25) is 0 Å². The van der Waals surface area contributed by atoms with Gasteiger partial charge >= 0.3 is 12.1 Å². The van der Waals surface area contributed by atoms with Crippen molar-refractivity contribution in [1.29, 1.82) is 0 Å². The van der Waals surface area contributed by atoms with Crippen molar-refractivity contribution in [3.05, 3.63) is 89.5 Å². The molecule has 0 N–H and O–H groups in total. The lowest BCUT2D eigenvalue weighted by Gasteiger charge is -2.31. The normalized spacial score (nSPS) is 14.5. The van der Waals surface area contributed by atoms with Crippen molar-refractivity contribution in [3.63, 3.8) is 0 Å². The summed E-state index contributed by atoms with van der Waals surface area (Å²) < 4.78 is 16.3. The summed E-state index contributed by atoms with van der Waals surface area (Å²) in [7, 11) is 0. The number of ether oxygens (including phenoxy) is 3. The number of nitrogens with zero attached hydrogens (tertiary/aromatic N) is 1. The average molecular weight is 474 g/mol. The first-order chi connectivity index (χ1) is 17.1. The molecule has 3 aromatic carbocycles. The third kappa shape index (κ3) is 5.48. The Kier molecular flexibility index (Phi) is 8.03. The van der Waals surface area contributed by atoms with Crippen LogP contribution in [0.1, 0.15) is 49.3 Å². The molecule has 182 valence electrons. The number of hydrogen-bond acceptors (Lipinski definition) is 5. The Labute approximate surface area is 206 Å². The lowest BCUT2D eigenvalue weighted by Crippen LogP contribution is -2.28. The molecule has 35 heavy (non-hydrogen) atoms. The third-order valence-corrected chi connectivity index (χ3v) is 6.13. The number of carbonyl (C=O) groups is 2. The highest BCUT2D eigenvalue weighted by Crippen LogP contribution is 2.44. The Morgan fingerprint density at radius 1 is 0.857 bits per heavy atom. The molecule has 1 atom stereocenters. The number of benzene rings is 3.